The lowest BCUT2D eigenvalue weighted by Gasteiger charge is -2.15. The van der Waals surface area contributed by atoms with E-state index in [4.69, 9.17) is 15.0 Å². The van der Waals surface area contributed by atoms with Gasteiger partial charge in [-0.25, -0.2) is 0 Å². The van der Waals surface area contributed by atoms with E-state index in [1.54, 1.807) is 13.3 Å². The number of rotatable bonds is 4. The van der Waals surface area contributed by atoms with Crippen molar-refractivity contribution in [1.29, 1.82) is 0 Å². The van der Waals surface area contributed by atoms with E-state index in [2.05, 4.69) is 17.3 Å². The van der Waals surface area contributed by atoms with Crippen LogP contribution in [0.15, 0.2) is 35.0 Å². The van der Waals surface area contributed by atoms with Crippen molar-refractivity contribution in [1.82, 2.24) is 5.16 Å². The Morgan fingerprint density at radius 3 is 2.89 bits per heavy atom. The van der Waals surface area contributed by atoms with Crippen molar-refractivity contribution in [2.75, 3.05) is 19.5 Å². The second-order valence-corrected chi connectivity index (χ2v) is 4.90. The van der Waals surface area contributed by atoms with Crippen molar-refractivity contribution in [3.05, 3.63) is 36.0 Å². The third-order valence-electron chi connectivity index (χ3n) is 3.66. The van der Waals surface area contributed by atoms with Crippen LogP contribution < -0.4 is 5.73 Å². The van der Waals surface area contributed by atoms with Crippen LogP contribution in [0.1, 0.15) is 18.4 Å². The summed E-state index contributed by atoms with van der Waals surface area (Å²) >= 11 is 0. The van der Waals surface area contributed by atoms with Gasteiger partial charge in [0.1, 0.15) is 0 Å². The topological polar surface area (TPSA) is 61.3 Å². The van der Waals surface area contributed by atoms with Gasteiger partial charge in [0.25, 0.3) is 0 Å². The molecule has 1 aliphatic rings. The molecule has 0 atom stereocenters. The van der Waals surface area contributed by atoms with Crippen LogP contribution in [0.2, 0.25) is 0 Å². The van der Waals surface area contributed by atoms with Crippen LogP contribution in [0, 0.1) is 0 Å². The van der Waals surface area contributed by atoms with Gasteiger partial charge in [0.05, 0.1) is 18.4 Å². The minimum absolute atomic E-state index is 0.205. The van der Waals surface area contributed by atoms with Gasteiger partial charge in [0.2, 0.25) is 5.88 Å². The van der Waals surface area contributed by atoms with Crippen LogP contribution in [0.5, 0.6) is 0 Å². The number of methoxy groups -OCH3 is 1. The Labute approximate surface area is 106 Å². The fraction of sp³-hybridized carbons (Fsp3) is 0.357. The molecule has 0 unspecified atom stereocenters. The first kappa shape index (κ1) is 11.3. The van der Waals surface area contributed by atoms with Crippen molar-refractivity contribution < 1.29 is 9.26 Å². The molecular weight excluding hydrogens is 228 g/mol. The van der Waals surface area contributed by atoms with Crippen LogP contribution in [0.4, 0.5) is 5.88 Å². The average molecular weight is 244 g/mol. The minimum atomic E-state index is 0.205. The highest BCUT2D eigenvalue weighted by Gasteiger charge is 2.44. The zero-order chi connectivity index (χ0) is 12.6. The summed E-state index contributed by atoms with van der Waals surface area (Å²) in [5, 5.41) is 3.72. The van der Waals surface area contributed by atoms with E-state index >= 15 is 0 Å². The van der Waals surface area contributed by atoms with Gasteiger partial charge < -0.3 is 15.0 Å². The molecule has 1 aromatic carbocycles. The zero-order valence-corrected chi connectivity index (χ0v) is 10.3. The van der Waals surface area contributed by atoms with Crippen molar-refractivity contribution >= 4 is 5.88 Å². The molecule has 0 spiro atoms. The quantitative estimate of drug-likeness (QED) is 0.898. The number of nitrogens with two attached hydrogens (primary N) is 1. The normalized spacial score (nSPS) is 16.7. The second kappa shape index (κ2) is 4.14. The zero-order valence-electron chi connectivity index (χ0n) is 10.3. The van der Waals surface area contributed by atoms with E-state index < -0.39 is 0 Å². The minimum Gasteiger partial charge on any atom is -0.384 e. The lowest BCUT2D eigenvalue weighted by Crippen LogP contribution is -2.13. The lowest BCUT2D eigenvalue weighted by molar-refractivity contribution is 0.171. The van der Waals surface area contributed by atoms with E-state index in [0.29, 0.717) is 5.88 Å². The number of benzene rings is 1. The summed E-state index contributed by atoms with van der Waals surface area (Å²) in [5.41, 5.74) is 9.17. The maximum absolute atomic E-state index is 5.75. The highest BCUT2D eigenvalue weighted by molar-refractivity contribution is 5.72. The van der Waals surface area contributed by atoms with Gasteiger partial charge in [0.15, 0.2) is 0 Å². The van der Waals surface area contributed by atoms with Gasteiger partial charge in [0, 0.05) is 12.5 Å². The molecule has 0 bridgehead atoms. The van der Waals surface area contributed by atoms with Crippen molar-refractivity contribution in [2.45, 2.75) is 18.3 Å². The van der Waals surface area contributed by atoms with E-state index in [1.807, 2.05) is 12.1 Å². The summed E-state index contributed by atoms with van der Waals surface area (Å²) in [6, 6.07) is 8.39. The van der Waals surface area contributed by atoms with Crippen LogP contribution in [-0.4, -0.2) is 18.9 Å². The van der Waals surface area contributed by atoms with Gasteiger partial charge in [-0.15, -0.1) is 0 Å². The molecule has 0 amide bonds. The monoisotopic (exact) mass is 244 g/mol. The molecule has 3 rings (SSSR count). The summed E-state index contributed by atoms with van der Waals surface area (Å²) in [6.45, 7) is 0.773. The van der Waals surface area contributed by atoms with Gasteiger partial charge in [-0.1, -0.05) is 29.4 Å². The van der Waals surface area contributed by atoms with Gasteiger partial charge >= 0.3 is 0 Å². The van der Waals surface area contributed by atoms with Gasteiger partial charge in [-0.3, -0.25) is 0 Å². The average Bonchev–Trinajstić information content (AvgIpc) is 3.05. The standard InChI is InChI=1S/C14H16N2O2/c1-17-9-14(5-6-14)11-4-2-3-10(7-11)12-8-16-18-13(12)15/h2-4,7-8H,5-6,9,15H2,1H3. The van der Waals surface area contributed by atoms with Gasteiger partial charge in [-0.2, -0.15) is 0 Å². The first-order valence-electron chi connectivity index (χ1n) is 6.05. The third kappa shape index (κ3) is 1.78. The molecule has 1 heterocycles. The number of hydrogen-bond donors (Lipinski definition) is 1. The predicted molar refractivity (Wildman–Crippen MR) is 69.1 cm³/mol. The van der Waals surface area contributed by atoms with Crippen molar-refractivity contribution in [3.8, 4) is 11.1 Å². The van der Waals surface area contributed by atoms with Crippen LogP contribution in [0.25, 0.3) is 11.1 Å². The Bertz CT molecular complexity index is 558. The smallest absolute Gasteiger partial charge is 0.229 e. The molecule has 18 heavy (non-hydrogen) atoms. The maximum atomic E-state index is 5.75. The number of anilines is 1. The summed E-state index contributed by atoms with van der Waals surface area (Å²) in [5.74, 6) is 0.365. The Kier molecular flexibility index (Phi) is 2.59. The van der Waals surface area contributed by atoms with Crippen LogP contribution >= 0.6 is 0 Å². The Hall–Kier alpha value is -1.81. The molecule has 2 aromatic rings. The summed E-state index contributed by atoms with van der Waals surface area (Å²) < 4.78 is 10.2. The fourth-order valence-corrected chi connectivity index (χ4v) is 2.43. The number of ether oxygens (including phenoxy) is 1. The highest BCUT2D eigenvalue weighted by Crippen LogP contribution is 2.49. The molecule has 1 aliphatic carbocycles. The Balaban J connectivity index is 1.98. The number of hydrogen-bond acceptors (Lipinski definition) is 4. The SMILES string of the molecule is COCC1(c2cccc(-c3cnoc3N)c2)CC1. The lowest BCUT2D eigenvalue weighted by atomic mass is 9.94. The first-order valence-corrected chi connectivity index (χ1v) is 6.05. The fourth-order valence-electron chi connectivity index (χ4n) is 2.43. The van der Waals surface area contributed by atoms with Crippen molar-refractivity contribution in [2.24, 2.45) is 0 Å². The molecule has 94 valence electrons. The molecule has 1 aromatic heterocycles. The molecular formula is C14H16N2O2. The van der Waals surface area contributed by atoms with E-state index in [0.717, 1.165) is 17.7 Å². The molecule has 4 heteroatoms. The van der Waals surface area contributed by atoms with E-state index in [9.17, 15) is 0 Å². The summed E-state index contributed by atoms with van der Waals surface area (Å²) in [6.07, 6.45) is 4.02. The highest BCUT2D eigenvalue weighted by atomic mass is 16.5. The van der Waals surface area contributed by atoms with Crippen LogP contribution in [-0.2, 0) is 10.2 Å². The first-order chi connectivity index (χ1) is 8.75. The molecule has 0 saturated heterocycles. The molecule has 0 radical (unpaired) electrons. The molecule has 1 saturated carbocycles. The summed E-state index contributed by atoms with van der Waals surface area (Å²) in [7, 11) is 1.75. The van der Waals surface area contributed by atoms with E-state index in [1.165, 1.54) is 18.4 Å². The Morgan fingerprint density at radius 2 is 2.28 bits per heavy atom. The third-order valence-corrected chi connectivity index (χ3v) is 3.66. The second-order valence-electron chi connectivity index (χ2n) is 4.90. The predicted octanol–water partition coefficient (Wildman–Crippen LogP) is 2.60. The Morgan fingerprint density at radius 1 is 1.44 bits per heavy atom. The number of nitrogen functional groups attached to an aromatic ring is 1. The molecule has 0 aliphatic heterocycles. The largest absolute Gasteiger partial charge is 0.384 e. The number of aromatic nitrogens is 1. The van der Waals surface area contributed by atoms with Crippen molar-refractivity contribution in [3.63, 3.8) is 0 Å². The molecule has 2 N–H and O–H groups in total. The van der Waals surface area contributed by atoms with E-state index in [-0.39, 0.29) is 5.41 Å². The number of nitrogens with zero attached hydrogens (tertiary/aromatic N) is 1. The van der Waals surface area contributed by atoms with Crippen LogP contribution in [0.3, 0.4) is 0 Å². The molecule has 4 nitrogen and oxygen atoms in total. The van der Waals surface area contributed by atoms with Gasteiger partial charge in [-0.05, 0) is 24.0 Å². The maximum Gasteiger partial charge on any atom is 0.229 e. The molecule has 1 fully saturated rings. The summed E-state index contributed by atoms with van der Waals surface area (Å²) in [4.78, 5) is 0.